The molecule has 0 saturated carbocycles. The number of phenolic OH excluding ortho intramolecular Hbond substituents is 1. The van der Waals surface area contributed by atoms with Crippen molar-refractivity contribution in [1.82, 2.24) is 0 Å². The molecule has 2 aromatic rings. The molecule has 3 rings (SSSR count). The average Bonchev–Trinajstić information content (AvgIpc) is 2.58. The van der Waals surface area contributed by atoms with Crippen molar-refractivity contribution in [2.45, 2.75) is 52.0 Å². The van der Waals surface area contributed by atoms with Crippen molar-refractivity contribution in [1.29, 1.82) is 0 Å². The molecule has 138 valence electrons. The van der Waals surface area contributed by atoms with E-state index in [9.17, 15) is 5.11 Å². The molecule has 4 heteroatoms. The summed E-state index contributed by atoms with van der Waals surface area (Å²) >= 11 is 6.60. The molecular weight excluding hydrogens is 344 g/mol. The van der Waals surface area contributed by atoms with Crippen LogP contribution in [-0.2, 0) is 0 Å². The predicted octanol–water partition coefficient (Wildman–Crippen LogP) is 6.30. The lowest BCUT2D eigenvalue weighted by atomic mass is 9.79. The van der Waals surface area contributed by atoms with E-state index in [0.717, 1.165) is 35.7 Å². The molecule has 0 saturated heterocycles. The lowest BCUT2D eigenvalue weighted by Crippen LogP contribution is -2.48. The van der Waals surface area contributed by atoms with Gasteiger partial charge in [0.2, 0.25) is 0 Å². The van der Waals surface area contributed by atoms with Crippen LogP contribution in [0.4, 0.5) is 11.4 Å². The van der Waals surface area contributed by atoms with Crippen molar-refractivity contribution in [3.05, 3.63) is 52.5 Å². The summed E-state index contributed by atoms with van der Waals surface area (Å²) in [6.45, 7) is 10.2. The molecule has 1 atom stereocenters. The van der Waals surface area contributed by atoms with Crippen molar-refractivity contribution in [3.8, 4) is 5.75 Å². The van der Waals surface area contributed by atoms with E-state index in [1.54, 1.807) is 24.3 Å². The number of fused-ring (bicyclic) bond motifs is 1. The third kappa shape index (κ3) is 3.73. The quantitative estimate of drug-likeness (QED) is 0.641. The van der Waals surface area contributed by atoms with Gasteiger partial charge in [0.1, 0.15) is 5.75 Å². The molecule has 1 N–H and O–H groups in total. The number of halogens is 1. The van der Waals surface area contributed by atoms with Gasteiger partial charge in [-0.3, -0.25) is 4.99 Å². The second kappa shape index (κ2) is 7.32. The molecule has 0 aromatic heterocycles. The van der Waals surface area contributed by atoms with Crippen molar-refractivity contribution in [3.63, 3.8) is 0 Å². The molecule has 1 aliphatic rings. The maximum atomic E-state index is 9.38. The van der Waals surface area contributed by atoms with Crippen molar-refractivity contribution in [2.24, 2.45) is 4.99 Å². The van der Waals surface area contributed by atoms with Crippen LogP contribution in [0.1, 0.15) is 57.6 Å². The highest BCUT2D eigenvalue weighted by atomic mass is 35.5. The van der Waals surface area contributed by atoms with Gasteiger partial charge in [-0.15, -0.1) is 0 Å². The maximum absolute atomic E-state index is 9.38. The van der Waals surface area contributed by atoms with Crippen LogP contribution in [0.5, 0.6) is 5.75 Å². The van der Waals surface area contributed by atoms with Crippen LogP contribution in [0.15, 0.2) is 41.4 Å². The fourth-order valence-corrected chi connectivity index (χ4v) is 4.16. The molecule has 1 unspecified atom stereocenters. The Hall–Kier alpha value is -2.00. The summed E-state index contributed by atoms with van der Waals surface area (Å²) in [6.07, 6.45) is 4.04. The normalized spacial score (nSPS) is 19.0. The topological polar surface area (TPSA) is 35.8 Å². The Labute approximate surface area is 161 Å². The molecule has 0 bridgehead atoms. The summed E-state index contributed by atoms with van der Waals surface area (Å²) in [5, 5.41) is 10.1. The molecule has 0 radical (unpaired) electrons. The first-order chi connectivity index (χ1) is 12.3. The zero-order chi connectivity index (χ0) is 18.9. The zero-order valence-corrected chi connectivity index (χ0v) is 16.7. The van der Waals surface area contributed by atoms with Gasteiger partial charge in [0.15, 0.2) is 0 Å². The van der Waals surface area contributed by atoms with E-state index in [2.05, 4.69) is 49.7 Å². The molecule has 26 heavy (non-hydrogen) atoms. The molecular formula is C22H27ClN2O. The van der Waals surface area contributed by atoms with E-state index in [1.807, 2.05) is 6.21 Å². The van der Waals surface area contributed by atoms with Crippen LogP contribution >= 0.6 is 11.6 Å². The SMILES string of the molecule is CCCN1c2cc(Cl)c(C=Nc3ccc(O)cc3)cc2C(C)CC1(C)C. The lowest BCUT2D eigenvalue weighted by molar-refractivity contribution is 0.376. The fourth-order valence-electron chi connectivity index (χ4n) is 3.95. The number of aliphatic imine (C=N–C) groups is 1. The minimum absolute atomic E-state index is 0.132. The number of aromatic hydroxyl groups is 1. The highest BCUT2D eigenvalue weighted by Crippen LogP contribution is 2.45. The second-order valence-corrected chi connectivity index (χ2v) is 8.18. The van der Waals surface area contributed by atoms with Crippen molar-refractivity contribution in [2.75, 3.05) is 11.4 Å². The van der Waals surface area contributed by atoms with E-state index in [0.29, 0.717) is 5.92 Å². The first-order valence-corrected chi connectivity index (χ1v) is 9.64. The standard InChI is InChI=1S/C22H27ClN2O/c1-5-10-25-21-12-20(23)16(11-19(21)15(2)13-22(25,3)4)14-24-17-6-8-18(26)9-7-17/h6-9,11-12,14-15,26H,5,10,13H2,1-4H3. The summed E-state index contributed by atoms with van der Waals surface area (Å²) in [7, 11) is 0. The largest absolute Gasteiger partial charge is 0.508 e. The van der Waals surface area contributed by atoms with Crippen molar-refractivity contribution >= 4 is 29.2 Å². The highest BCUT2D eigenvalue weighted by Gasteiger charge is 2.36. The second-order valence-electron chi connectivity index (χ2n) is 7.78. The molecule has 2 aromatic carbocycles. The van der Waals surface area contributed by atoms with Crippen LogP contribution in [-0.4, -0.2) is 23.4 Å². The minimum atomic E-state index is 0.132. The zero-order valence-electron chi connectivity index (χ0n) is 16.0. The minimum Gasteiger partial charge on any atom is -0.508 e. The van der Waals surface area contributed by atoms with E-state index in [1.165, 1.54) is 11.3 Å². The monoisotopic (exact) mass is 370 g/mol. The fraction of sp³-hybridized carbons (Fsp3) is 0.409. The number of benzene rings is 2. The van der Waals surface area contributed by atoms with Crippen LogP contribution < -0.4 is 4.90 Å². The first kappa shape index (κ1) is 18.8. The number of hydrogen-bond acceptors (Lipinski definition) is 3. The Balaban J connectivity index is 1.98. The Kier molecular flexibility index (Phi) is 5.29. The number of hydrogen-bond donors (Lipinski definition) is 1. The molecule has 0 aliphatic carbocycles. The van der Waals surface area contributed by atoms with Crippen LogP contribution in [0.25, 0.3) is 0 Å². The Morgan fingerprint density at radius 2 is 1.96 bits per heavy atom. The van der Waals surface area contributed by atoms with Gasteiger partial charge in [-0.1, -0.05) is 25.4 Å². The number of rotatable bonds is 4. The predicted molar refractivity (Wildman–Crippen MR) is 112 cm³/mol. The van der Waals surface area contributed by atoms with Crippen LogP contribution in [0.2, 0.25) is 5.02 Å². The number of phenols is 1. The Bertz CT molecular complexity index is 812. The third-order valence-corrected chi connectivity index (χ3v) is 5.48. The lowest BCUT2D eigenvalue weighted by Gasteiger charge is -2.47. The summed E-state index contributed by atoms with van der Waals surface area (Å²) in [4.78, 5) is 7.00. The van der Waals surface area contributed by atoms with Crippen LogP contribution in [0, 0.1) is 0 Å². The van der Waals surface area contributed by atoms with E-state index in [-0.39, 0.29) is 11.3 Å². The average molecular weight is 371 g/mol. The van der Waals surface area contributed by atoms with E-state index >= 15 is 0 Å². The van der Waals surface area contributed by atoms with Gasteiger partial charge in [-0.25, -0.2) is 0 Å². The van der Waals surface area contributed by atoms with Gasteiger partial charge in [0.05, 0.1) is 10.7 Å². The Morgan fingerprint density at radius 1 is 1.27 bits per heavy atom. The van der Waals surface area contributed by atoms with E-state index in [4.69, 9.17) is 11.6 Å². The van der Waals surface area contributed by atoms with Gasteiger partial charge in [-0.2, -0.15) is 0 Å². The van der Waals surface area contributed by atoms with Gasteiger partial charge < -0.3 is 10.0 Å². The van der Waals surface area contributed by atoms with Gasteiger partial charge >= 0.3 is 0 Å². The first-order valence-electron chi connectivity index (χ1n) is 9.26. The number of nitrogens with zero attached hydrogens (tertiary/aromatic N) is 2. The van der Waals surface area contributed by atoms with Crippen LogP contribution in [0.3, 0.4) is 0 Å². The maximum Gasteiger partial charge on any atom is 0.115 e. The summed E-state index contributed by atoms with van der Waals surface area (Å²) in [6, 6.07) is 11.1. The molecule has 0 amide bonds. The van der Waals surface area contributed by atoms with Crippen molar-refractivity contribution < 1.29 is 5.11 Å². The highest BCUT2D eigenvalue weighted by molar-refractivity contribution is 6.33. The molecule has 1 heterocycles. The van der Waals surface area contributed by atoms with Gasteiger partial charge in [-0.05, 0) is 74.6 Å². The summed E-state index contributed by atoms with van der Waals surface area (Å²) in [5.41, 5.74) is 4.45. The van der Waals surface area contributed by atoms with Gasteiger partial charge in [0, 0.05) is 29.5 Å². The summed E-state index contributed by atoms with van der Waals surface area (Å²) < 4.78 is 0. The van der Waals surface area contributed by atoms with E-state index < -0.39 is 0 Å². The molecule has 3 nitrogen and oxygen atoms in total. The molecule has 1 aliphatic heterocycles. The third-order valence-electron chi connectivity index (χ3n) is 5.15. The molecule has 0 fully saturated rings. The smallest absolute Gasteiger partial charge is 0.115 e. The molecule has 0 spiro atoms. The number of anilines is 1. The Morgan fingerprint density at radius 3 is 2.62 bits per heavy atom. The summed E-state index contributed by atoms with van der Waals surface area (Å²) in [5.74, 6) is 0.717. The van der Waals surface area contributed by atoms with Gasteiger partial charge in [0.25, 0.3) is 0 Å².